The highest BCUT2D eigenvalue weighted by atomic mass is 79.9. The molecule has 1 aliphatic rings. The molecule has 0 aliphatic carbocycles. The first-order valence-corrected chi connectivity index (χ1v) is 13.8. The van der Waals surface area contributed by atoms with Gasteiger partial charge >= 0.3 is 18.0 Å². The zero-order valence-electron chi connectivity index (χ0n) is 20.1. The van der Waals surface area contributed by atoms with Gasteiger partial charge in [0.2, 0.25) is 0 Å². The number of rotatable bonds is 9. The van der Waals surface area contributed by atoms with Crippen molar-refractivity contribution in [1.82, 2.24) is 4.90 Å². The second kappa shape index (κ2) is 12.5. The molecule has 1 fully saturated rings. The molecule has 2 amide bonds. The number of anilines is 2. The minimum Gasteiger partial charge on any atom is -0.479 e. The molecule has 0 saturated carbocycles. The van der Waals surface area contributed by atoms with E-state index in [1.807, 2.05) is 24.3 Å². The summed E-state index contributed by atoms with van der Waals surface area (Å²) >= 11 is 10.4. The van der Waals surface area contributed by atoms with Gasteiger partial charge < -0.3 is 30.5 Å². The lowest BCUT2D eigenvalue weighted by Crippen LogP contribution is -2.42. The average Bonchev–Trinajstić information content (AvgIpc) is 3.23. The van der Waals surface area contributed by atoms with Crippen molar-refractivity contribution in [1.29, 1.82) is 0 Å². The Labute approximate surface area is 236 Å². The van der Waals surface area contributed by atoms with Crippen LogP contribution in [0.15, 0.2) is 53.0 Å². The van der Waals surface area contributed by atoms with Crippen LogP contribution in [-0.4, -0.2) is 59.3 Å². The van der Waals surface area contributed by atoms with E-state index in [1.54, 1.807) is 29.2 Å². The lowest BCUT2D eigenvalue weighted by Gasteiger charge is -2.32. The molecule has 200 valence electrons. The van der Waals surface area contributed by atoms with Gasteiger partial charge in [-0.15, -0.1) is 11.3 Å². The molecule has 3 aromatic rings. The van der Waals surface area contributed by atoms with E-state index in [0.29, 0.717) is 39.1 Å². The van der Waals surface area contributed by atoms with Crippen LogP contribution in [0.5, 0.6) is 5.75 Å². The number of hydrogen-bond acceptors (Lipinski definition) is 6. The van der Waals surface area contributed by atoms with E-state index >= 15 is 0 Å². The van der Waals surface area contributed by atoms with E-state index in [-0.39, 0.29) is 16.7 Å². The van der Waals surface area contributed by atoms with Crippen LogP contribution < -0.4 is 15.4 Å². The van der Waals surface area contributed by atoms with Crippen molar-refractivity contribution in [2.45, 2.75) is 12.8 Å². The van der Waals surface area contributed by atoms with E-state index in [2.05, 4.69) is 26.6 Å². The normalized spacial score (nSPS) is 13.7. The molecule has 4 rings (SSSR count). The Morgan fingerprint density at radius 2 is 1.79 bits per heavy atom. The van der Waals surface area contributed by atoms with E-state index < -0.39 is 18.5 Å². The number of hydrogen-bond donors (Lipinski definition) is 4. The van der Waals surface area contributed by atoms with Gasteiger partial charge in [0.05, 0.1) is 9.35 Å². The highest BCUT2D eigenvalue weighted by Gasteiger charge is 2.25. The number of nitrogens with zero attached hydrogens (tertiary/aromatic N) is 1. The van der Waals surface area contributed by atoms with E-state index in [0.717, 1.165) is 42.0 Å². The van der Waals surface area contributed by atoms with Gasteiger partial charge in [-0.3, -0.25) is 0 Å². The number of carboxylic acids is 2. The number of ether oxygens (including phenoxy) is 1. The molecule has 1 aliphatic heterocycles. The number of benzene rings is 2. The first-order valence-electron chi connectivity index (χ1n) is 11.8. The first kappa shape index (κ1) is 27.7. The predicted molar refractivity (Wildman–Crippen MR) is 151 cm³/mol. The smallest absolute Gasteiger partial charge is 0.349 e. The maximum absolute atomic E-state index is 12.6. The summed E-state index contributed by atoms with van der Waals surface area (Å²) in [5.74, 6) is -2.00. The zero-order valence-corrected chi connectivity index (χ0v) is 23.2. The molecule has 38 heavy (non-hydrogen) atoms. The number of aliphatic carboxylic acids is 1. The minimum absolute atomic E-state index is 0.00409. The summed E-state index contributed by atoms with van der Waals surface area (Å²) in [5, 5.41) is 25.4. The molecule has 2 heterocycles. The molecule has 2 aromatic carbocycles. The molecule has 0 radical (unpaired) electrons. The van der Waals surface area contributed by atoms with Gasteiger partial charge in [-0.25, -0.2) is 14.4 Å². The number of piperidine rings is 1. The lowest BCUT2D eigenvalue weighted by atomic mass is 9.97. The van der Waals surface area contributed by atoms with E-state index in [4.69, 9.17) is 21.4 Å². The number of urea groups is 1. The van der Waals surface area contributed by atoms with Gasteiger partial charge in [0.25, 0.3) is 0 Å². The number of nitrogens with one attached hydrogen (secondary N) is 2. The van der Waals surface area contributed by atoms with Crippen LogP contribution in [-0.2, 0) is 4.79 Å². The van der Waals surface area contributed by atoms with Crippen LogP contribution in [0.25, 0.3) is 10.4 Å². The molecule has 1 aromatic heterocycles. The summed E-state index contributed by atoms with van der Waals surface area (Å²) in [5.41, 5.74) is 2.31. The molecule has 12 heteroatoms. The average molecular weight is 623 g/mol. The molecule has 0 bridgehead atoms. The third-order valence-electron chi connectivity index (χ3n) is 6.04. The molecule has 0 atom stereocenters. The van der Waals surface area contributed by atoms with Gasteiger partial charge in [0.15, 0.2) is 17.2 Å². The monoisotopic (exact) mass is 621 g/mol. The Bertz CT molecular complexity index is 1340. The molecule has 4 N–H and O–H groups in total. The standard InChI is InChI=1S/C26H25BrClN3O6S/c27-21-22(37-14-20(32)33)24(25(34)35)38-23(21)16-3-1-5-18(11-16)29-13-15-7-9-31(10-8-15)26(36)30-19-6-2-4-17(28)12-19/h1-6,11-12,15,29H,7-10,13-14H2,(H,30,36)(H,32,33)(H,34,35). The van der Waals surface area contributed by atoms with Crippen molar-refractivity contribution in [3.8, 4) is 16.2 Å². The topological polar surface area (TPSA) is 128 Å². The Balaban J connectivity index is 1.34. The van der Waals surface area contributed by atoms with Gasteiger partial charge in [-0.05, 0) is 70.6 Å². The van der Waals surface area contributed by atoms with Gasteiger partial charge in [0, 0.05) is 36.0 Å². The third kappa shape index (κ3) is 6.97. The summed E-state index contributed by atoms with van der Waals surface area (Å²) in [7, 11) is 0. The van der Waals surface area contributed by atoms with Crippen molar-refractivity contribution in [2.75, 3.05) is 36.9 Å². The number of likely N-dealkylation sites (tertiary alicyclic amines) is 1. The van der Waals surface area contributed by atoms with Gasteiger partial charge in [-0.2, -0.15) is 0 Å². The number of amides is 2. The summed E-state index contributed by atoms with van der Waals surface area (Å²) in [6.45, 7) is 1.39. The number of carbonyl (C=O) groups is 3. The number of thiophene rings is 1. The van der Waals surface area contributed by atoms with Crippen LogP contribution in [0.2, 0.25) is 5.02 Å². The maximum atomic E-state index is 12.6. The second-order valence-electron chi connectivity index (χ2n) is 8.72. The van der Waals surface area contributed by atoms with E-state index in [9.17, 15) is 19.5 Å². The molecular formula is C26H25BrClN3O6S. The zero-order chi connectivity index (χ0) is 27.2. The Hall–Kier alpha value is -3.28. The Morgan fingerprint density at radius 3 is 2.47 bits per heavy atom. The minimum atomic E-state index is -1.19. The number of halogens is 2. The highest BCUT2D eigenvalue weighted by molar-refractivity contribution is 9.10. The van der Waals surface area contributed by atoms with E-state index in [1.165, 1.54) is 0 Å². The van der Waals surface area contributed by atoms with Crippen molar-refractivity contribution in [2.24, 2.45) is 5.92 Å². The molecule has 1 saturated heterocycles. The fraction of sp³-hybridized carbons (Fsp3) is 0.269. The van der Waals surface area contributed by atoms with Crippen LogP contribution >= 0.6 is 38.9 Å². The first-order chi connectivity index (χ1) is 18.2. The molecule has 0 unspecified atom stereocenters. The number of carbonyl (C=O) groups excluding carboxylic acids is 1. The Kier molecular flexibility index (Phi) is 9.13. The molecule has 9 nitrogen and oxygen atoms in total. The van der Waals surface area contributed by atoms with Crippen LogP contribution in [0.4, 0.5) is 16.2 Å². The van der Waals surface area contributed by atoms with Crippen LogP contribution in [0.3, 0.4) is 0 Å². The summed E-state index contributed by atoms with van der Waals surface area (Å²) in [6.07, 6.45) is 1.72. The summed E-state index contributed by atoms with van der Waals surface area (Å²) in [4.78, 5) is 37.5. The second-order valence-corrected chi connectivity index (χ2v) is 11.0. The van der Waals surface area contributed by atoms with Crippen LogP contribution in [0.1, 0.15) is 22.5 Å². The van der Waals surface area contributed by atoms with Crippen molar-refractivity contribution >= 4 is 68.2 Å². The predicted octanol–water partition coefficient (Wildman–Crippen LogP) is 6.35. The maximum Gasteiger partial charge on any atom is 0.349 e. The highest BCUT2D eigenvalue weighted by Crippen LogP contribution is 2.46. The fourth-order valence-electron chi connectivity index (χ4n) is 4.13. The SMILES string of the molecule is O=C(O)COc1c(C(=O)O)sc(-c2cccc(NCC3CCN(C(=O)Nc4cccc(Cl)c4)CC3)c2)c1Br. The lowest BCUT2D eigenvalue weighted by molar-refractivity contribution is -0.139. The third-order valence-corrected chi connectivity index (χ3v) is 8.50. The Morgan fingerprint density at radius 1 is 1.08 bits per heavy atom. The number of carboxylic acid groups (broad SMARTS) is 2. The van der Waals surface area contributed by atoms with Crippen molar-refractivity contribution in [3.05, 3.63) is 62.9 Å². The summed E-state index contributed by atoms with van der Waals surface area (Å²) in [6, 6.07) is 14.5. The van der Waals surface area contributed by atoms with Gasteiger partial charge in [-0.1, -0.05) is 29.8 Å². The van der Waals surface area contributed by atoms with Crippen molar-refractivity contribution in [3.63, 3.8) is 0 Å². The molecular weight excluding hydrogens is 598 g/mol. The van der Waals surface area contributed by atoms with Crippen molar-refractivity contribution < 1.29 is 29.3 Å². The van der Waals surface area contributed by atoms with Crippen LogP contribution in [0, 0.1) is 5.92 Å². The number of aromatic carboxylic acids is 1. The molecule has 0 spiro atoms. The summed E-state index contributed by atoms with van der Waals surface area (Å²) < 4.78 is 5.65. The fourth-order valence-corrected chi connectivity index (χ4v) is 6.20. The quantitative estimate of drug-likeness (QED) is 0.219. The largest absolute Gasteiger partial charge is 0.479 e. The van der Waals surface area contributed by atoms with Gasteiger partial charge in [0.1, 0.15) is 0 Å².